The zero-order valence-electron chi connectivity index (χ0n) is 17.9. The maximum Gasteiger partial charge on any atom is 0.442 e. The maximum atomic E-state index is 13.1. The number of nitrogens with one attached hydrogen (secondary N) is 2. The molecule has 0 aromatic carbocycles. The molecule has 0 aliphatic carbocycles. The van der Waals surface area contributed by atoms with Crippen LogP contribution in [0.2, 0.25) is 0 Å². The molecule has 3 atom stereocenters. The molecule has 2 N–H and O–H groups in total. The van der Waals surface area contributed by atoms with Crippen LogP contribution in [-0.2, 0) is 14.3 Å². The molecule has 0 saturated carbocycles. The molecule has 182 valence electrons. The van der Waals surface area contributed by atoms with E-state index in [1.165, 1.54) is 28.4 Å². The summed E-state index contributed by atoms with van der Waals surface area (Å²) in [6.45, 7) is 7.01. The van der Waals surface area contributed by atoms with Crippen molar-refractivity contribution >= 4 is 64.4 Å². The van der Waals surface area contributed by atoms with Crippen molar-refractivity contribution in [2.45, 2.75) is 60.6 Å². The molecule has 2 aliphatic rings. The Labute approximate surface area is 205 Å². The number of carbonyl (C=O) groups excluding carboxylic acids is 2. The van der Waals surface area contributed by atoms with Gasteiger partial charge in [-0.15, -0.1) is 22.0 Å². The van der Waals surface area contributed by atoms with Crippen LogP contribution in [0.4, 0.5) is 13.2 Å². The molecular weight excluding hydrogens is 521 g/mol. The van der Waals surface area contributed by atoms with E-state index in [1.807, 2.05) is 6.92 Å². The summed E-state index contributed by atoms with van der Waals surface area (Å²) < 4.78 is 42.9. The molecule has 1 aromatic heterocycles. The lowest BCUT2D eigenvalue weighted by atomic mass is 10.0. The van der Waals surface area contributed by atoms with Gasteiger partial charge in [-0.05, 0) is 50.2 Å². The van der Waals surface area contributed by atoms with E-state index in [-0.39, 0.29) is 27.7 Å². The zero-order valence-corrected chi connectivity index (χ0v) is 21.2. The van der Waals surface area contributed by atoms with Gasteiger partial charge in [-0.25, -0.2) is 4.79 Å². The summed E-state index contributed by atoms with van der Waals surface area (Å²) in [5.41, 5.74) is -4.41. The Hall–Kier alpha value is -1.52. The third kappa shape index (κ3) is 6.54. The van der Waals surface area contributed by atoms with Crippen molar-refractivity contribution in [1.29, 1.82) is 0 Å². The van der Waals surface area contributed by atoms with Crippen LogP contribution in [0.5, 0.6) is 0 Å². The highest BCUT2D eigenvalue weighted by molar-refractivity contribution is 8.02. The van der Waals surface area contributed by atoms with Crippen molar-refractivity contribution in [2.24, 2.45) is 0 Å². The SMILES string of the molecule is CC(Sc1nn[nH]n1)C1=C(C(=O)OC(C)(C)C)N2C(=O)C(NC(=S)CSC(F)(F)F)[C@@H]2SC1. The highest BCUT2D eigenvalue weighted by Crippen LogP contribution is 2.44. The van der Waals surface area contributed by atoms with Crippen LogP contribution in [0.1, 0.15) is 27.7 Å². The van der Waals surface area contributed by atoms with Crippen LogP contribution in [0.15, 0.2) is 16.4 Å². The smallest absolute Gasteiger partial charge is 0.442 e. The monoisotopic (exact) mass is 542 g/mol. The van der Waals surface area contributed by atoms with E-state index < -0.39 is 40.2 Å². The number of alkyl halides is 3. The van der Waals surface area contributed by atoms with E-state index in [2.05, 4.69) is 25.9 Å². The molecule has 1 saturated heterocycles. The standard InChI is InChI=1S/C17H21F3N6O3S4/c1-7(33-15-22-24-25-23-15)8-5-31-13-10(21-9(30)6-32-17(18,19)20)12(27)26(13)11(8)14(28)29-16(2,3)4/h7,10,13H,5-6H2,1-4H3,(H,21,30)(H,22,23,24,25)/t7?,10?,13-/m0/s1. The van der Waals surface area contributed by atoms with Gasteiger partial charge in [-0.3, -0.25) is 9.69 Å². The molecular formula is C17H21F3N6O3S4. The maximum absolute atomic E-state index is 13.1. The van der Waals surface area contributed by atoms with Crippen molar-refractivity contribution in [3.8, 4) is 0 Å². The number of H-pyrrole nitrogens is 1. The fourth-order valence-electron chi connectivity index (χ4n) is 3.06. The second-order valence-corrected chi connectivity index (χ2v) is 12.0. The van der Waals surface area contributed by atoms with Gasteiger partial charge in [0, 0.05) is 11.0 Å². The number of nitrogens with zero attached hydrogens (tertiary/aromatic N) is 4. The number of aromatic amines is 1. The largest absolute Gasteiger partial charge is 0.455 e. The van der Waals surface area contributed by atoms with Crippen LogP contribution in [0.25, 0.3) is 0 Å². The van der Waals surface area contributed by atoms with Crippen LogP contribution in [0.3, 0.4) is 0 Å². The Morgan fingerprint density at radius 1 is 1.42 bits per heavy atom. The number of thioether (sulfide) groups is 3. The minimum Gasteiger partial charge on any atom is -0.455 e. The number of hydrogen-bond donors (Lipinski definition) is 2. The number of halogens is 3. The first kappa shape index (κ1) is 26.1. The third-order valence-corrected chi connectivity index (χ3v) is 7.90. The molecule has 0 bridgehead atoms. The normalized spacial score (nSPS) is 21.9. The minimum atomic E-state index is -4.42. The zero-order chi connectivity index (χ0) is 24.6. The molecule has 3 heterocycles. The molecule has 1 amide bonds. The summed E-state index contributed by atoms with van der Waals surface area (Å²) in [6, 6.07) is -0.824. The van der Waals surface area contributed by atoms with Gasteiger partial charge >= 0.3 is 11.5 Å². The summed E-state index contributed by atoms with van der Waals surface area (Å²) in [5, 5.41) is 16.0. The highest BCUT2D eigenvalue weighted by atomic mass is 32.2. The van der Waals surface area contributed by atoms with Gasteiger partial charge in [0.15, 0.2) is 0 Å². The van der Waals surface area contributed by atoms with Gasteiger partial charge in [-0.2, -0.15) is 18.4 Å². The number of hydrogen-bond acceptors (Lipinski definition) is 10. The number of fused-ring (bicyclic) bond motifs is 1. The highest BCUT2D eigenvalue weighted by Gasteiger charge is 2.55. The van der Waals surface area contributed by atoms with Crippen LogP contribution < -0.4 is 5.32 Å². The number of thiocarbonyl (C=S) groups is 1. The first-order valence-electron chi connectivity index (χ1n) is 9.58. The van der Waals surface area contributed by atoms with E-state index in [9.17, 15) is 22.8 Å². The number of carbonyl (C=O) groups is 2. The Balaban J connectivity index is 1.81. The van der Waals surface area contributed by atoms with Crippen molar-refractivity contribution in [3.05, 3.63) is 11.3 Å². The Kier molecular flexibility index (Phi) is 7.90. The lowest BCUT2D eigenvalue weighted by Gasteiger charge is -2.50. The van der Waals surface area contributed by atoms with Crippen LogP contribution >= 0.6 is 47.5 Å². The number of ether oxygens (including phenoxy) is 1. The molecule has 2 aliphatic heterocycles. The summed E-state index contributed by atoms with van der Waals surface area (Å²) in [7, 11) is 0. The van der Waals surface area contributed by atoms with Crippen molar-refractivity contribution in [2.75, 3.05) is 11.5 Å². The Bertz CT molecular complexity index is 951. The van der Waals surface area contributed by atoms with E-state index in [1.54, 1.807) is 20.8 Å². The molecule has 1 fully saturated rings. The van der Waals surface area contributed by atoms with E-state index in [0.29, 0.717) is 16.5 Å². The molecule has 9 nitrogen and oxygen atoms in total. The molecule has 0 radical (unpaired) electrons. The van der Waals surface area contributed by atoms with Gasteiger partial charge in [0.1, 0.15) is 22.7 Å². The molecule has 1 aromatic rings. The summed E-state index contributed by atoms with van der Waals surface area (Å²) >= 11 is 7.37. The van der Waals surface area contributed by atoms with Crippen molar-refractivity contribution in [1.82, 2.24) is 30.8 Å². The number of rotatable bonds is 7. The number of tetrazole rings is 1. The topological polar surface area (TPSA) is 113 Å². The molecule has 2 unspecified atom stereocenters. The summed E-state index contributed by atoms with van der Waals surface area (Å²) in [6.07, 6.45) is 0. The van der Waals surface area contributed by atoms with E-state index in [0.717, 1.165) is 0 Å². The second-order valence-electron chi connectivity index (χ2n) is 8.02. The molecule has 33 heavy (non-hydrogen) atoms. The van der Waals surface area contributed by atoms with Crippen molar-refractivity contribution < 1.29 is 27.5 Å². The first-order chi connectivity index (χ1) is 15.3. The Morgan fingerprint density at radius 3 is 2.70 bits per heavy atom. The second kappa shape index (κ2) is 10.00. The molecule has 16 heteroatoms. The predicted molar refractivity (Wildman–Crippen MR) is 123 cm³/mol. The minimum absolute atomic E-state index is 0.0782. The summed E-state index contributed by atoms with van der Waals surface area (Å²) in [5.74, 6) is -1.19. The Morgan fingerprint density at radius 2 is 2.12 bits per heavy atom. The fraction of sp³-hybridized carbons (Fsp3) is 0.647. The lowest BCUT2D eigenvalue weighted by molar-refractivity contribution is -0.158. The van der Waals surface area contributed by atoms with E-state index >= 15 is 0 Å². The number of aromatic nitrogens is 4. The molecule has 0 spiro atoms. The van der Waals surface area contributed by atoms with Gasteiger partial charge in [0.25, 0.3) is 5.91 Å². The van der Waals surface area contributed by atoms with Gasteiger partial charge < -0.3 is 10.1 Å². The third-order valence-electron chi connectivity index (χ3n) is 4.37. The van der Waals surface area contributed by atoms with Gasteiger partial charge in [0.05, 0.1) is 10.7 Å². The van der Waals surface area contributed by atoms with Crippen LogP contribution in [0, 0.1) is 0 Å². The lowest BCUT2D eigenvalue weighted by Crippen LogP contribution is -2.70. The summed E-state index contributed by atoms with van der Waals surface area (Å²) in [4.78, 5) is 27.3. The fourth-order valence-corrected chi connectivity index (χ4v) is 6.16. The van der Waals surface area contributed by atoms with E-state index in [4.69, 9.17) is 17.0 Å². The first-order valence-corrected chi connectivity index (χ1v) is 12.9. The average molecular weight is 543 g/mol. The quantitative estimate of drug-likeness (QED) is 0.229. The number of esters is 1. The van der Waals surface area contributed by atoms with Gasteiger partial charge in [0.2, 0.25) is 5.16 Å². The predicted octanol–water partition coefficient (Wildman–Crippen LogP) is 2.73. The van der Waals surface area contributed by atoms with Crippen molar-refractivity contribution in [3.63, 3.8) is 0 Å². The van der Waals surface area contributed by atoms with Gasteiger partial charge in [-0.1, -0.05) is 24.0 Å². The number of amides is 1. The number of β-lactam (4-membered cyclic amide) rings is 1. The van der Waals surface area contributed by atoms with Crippen LogP contribution in [-0.4, -0.2) is 81.7 Å². The molecule has 3 rings (SSSR count). The average Bonchev–Trinajstić information content (AvgIpc) is 3.20.